The highest BCUT2D eigenvalue weighted by atomic mass is 35.5. The van der Waals surface area contributed by atoms with Gasteiger partial charge >= 0.3 is 0 Å². The highest BCUT2D eigenvalue weighted by Gasteiger charge is 2.03. The van der Waals surface area contributed by atoms with Crippen LogP contribution in [0.15, 0.2) is 10.7 Å². The maximum atomic E-state index is 6.88. The molecule has 10 heavy (non-hydrogen) atoms. The molecule has 0 spiro atoms. The van der Waals surface area contributed by atoms with Crippen molar-refractivity contribution in [3.63, 3.8) is 0 Å². The van der Waals surface area contributed by atoms with E-state index in [4.69, 9.17) is 17.0 Å². The molecule has 0 atom stereocenters. The molecule has 0 aliphatic carbocycles. The van der Waals surface area contributed by atoms with Gasteiger partial charge in [0.25, 0.3) is 0 Å². The number of halogens is 1. The lowest BCUT2D eigenvalue weighted by Gasteiger charge is -2.10. The van der Waals surface area contributed by atoms with Crippen LogP contribution in [0.25, 0.3) is 0 Å². The third kappa shape index (κ3) is 2.40. The fourth-order valence-corrected chi connectivity index (χ4v) is 1.07. The van der Waals surface area contributed by atoms with E-state index in [1.165, 1.54) is 0 Å². The van der Waals surface area contributed by atoms with Crippen molar-refractivity contribution in [1.82, 2.24) is 5.32 Å². The summed E-state index contributed by atoms with van der Waals surface area (Å²) in [6, 6.07) is 0. The van der Waals surface area contributed by atoms with Crippen LogP contribution in [-0.2, 0) is 0 Å². The molecule has 58 valence electrons. The van der Waals surface area contributed by atoms with Gasteiger partial charge in [-0.15, -0.1) is 0 Å². The Morgan fingerprint density at radius 1 is 1.60 bits per heavy atom. The molecule has 0 aromatic heterocycles. The fraction of sp³-hybridized carbons (Fsp3) is 0.571. The van der Waals surface area contributed by atoms with Crippen LogP contribution in [0.5, 0.6) is 0 Å². The zero-order chi connectivity index (χ0) is 8.15. The Labute approximate surface area is 66.8 Å². The average molecular weight is 161 g/mol. The summed E-state index contributed by atoms with van der Waals surface area (Å²) in [6.45, 7) is 4.05. The summed E-state index contributed by atoms with van der Waals surface area (Å²) >= 11 is 5.70. The van der Waals surface area contributed by atoms with Crippen molar-refractivity contribution in [3.8, 4) is 0 Å². The molecule has 2 nitrogen and oxygen atoms in total. The lowest BCUT2D eigenvalue weighted by Crippen LogP contribution is -2.13. The predicted molar refractivity (Wildman–Crippen MR) is 45.6 cm³/mol. The quantitative estimate of drug-likeness (QED) is 0.609. The standard InChI is InChI=1S/C7H13ClN2/c1-5(2)7(10-3)6(8)4-9/h4-5,9-10H,1-3H3/b7-6+,9-4?. The molecule has 0 rings (SSSR count). The van der Waals surface area contributed by atoms with Crippen LogP contribution in [-0.4, -0.2) is 13.3 Å². The van der Waals surface area contributed by atoms with E-state index in [0.29, 0.717) is 11.0 Å². The third-order valence-electron chi connectivity index (χ3n) is 1.23. The maximum absolute atomic E-state index is 6.88. The molecule has 0 fully saturated rings. The first-order valence-corrected chi connectivity index (χ1v) is 3.59. The first kappa shape index (κ1) is 9.50. The zero-order valence-electron chi connectivity index (χ0n) is 6.53. The summed E-state index contributed by atoms with van der Waals surface area (Å²) in [5, 5.41) is 10.3. The van der Waals surface area contributed by atoms with E-state index in [2.05, 4.69) is 5.32 Å². The van der Waals surface area contributed by atoms with E-state index in [-0.39, 0.29) is 0 Å². The van der Waals surface area contributed by atoms with Crippen molar-refractivity contribution < 1.29 is 0 Å². The van der Waals surface area contributed by atoms with Gasteiger partial charge < -0.3 is 10.7 Å². The van der Waals surface area contributed by atoms with E-state index in [1.807, 2.05) is 13.8 Å². The second-order valence-corrected chi connectivity index (χ2v) is 2.72. The average Bonchev–Trinajstić information content (AvgIpc) is 1.88. The van der Waals surface area contributed by atoms with Crippen molar-refractivity contribution >= 4 is 17.8 Å². The summed E-state index contributed by atoms with van der Waals surface area (Å²) in [5.74, 6) is 0.346. The SMILES string of the molecule is CN/C(=C(/Cl)C=N)C(C)C. The zero-order valence-corrected chi connectivity index (χ0v) is 7.29. The van der Waals surface area contributed by atoms with E-state index in [9.17, 15) is 0 Å². The topological polar surface area (TPSA) is 35.9 Å². The van der Waals surface area contributed by atoms with Crippen molar-refractivity contribution in [2.24, 2.45) is 5.92 Å². The van der Waals surface area contributed by atoms with Crippen molar-refractivity contribution in [3.05, 3.63) is 10.7 Å². The maximum Gasteiger partial charge on any atom is 0.0773 e. The molecular formula is C7H13ClN2. The fourth-order valence-electron chi connectivity index (χ4n) is 0.762. The molecule has 0 unspecified atom stereocenters. The predicted octanol–water partition coefficient (Wildman–Crippen LogP) is 1.96. The summed E-state index contributed by atoms with van der Waals surface area (Å²) in [4.78, 5) is 0. The van der Waals surface area contributed by atoms with Crippen molar-refractivity contribution in [2.45, 2.75) is 13.8 Å². The summed E-state index contributed by atoms with van der Waals surface area (Å²) in [6.07, 6.45) is 1.15. The molecule has 3 heteroatoms. The minimum absolute atomic E-state index is 0.346. The Kier molecular flexibility index (Phi) is 4.12. The van der Waals surface area contributed by atoms with Gasteiger partial charge in [0.05, 0.1) is 5.03 Å². The number of nitrogens with one attached hydrogen (secondary N) is 2. The van der Waals surface area contributed by atoms with Crippen LogP contribution in [0.4, 0.5) is 0 Å². The third-order valence-corrected chi connectivity index (χ3v) is 1.54. The molecule has 0 heterocycles. The van der Waals surface area contributed by atoms with Gasteiger partial charge in [-0.2, -0.15) is 0 Å². The normalized spacial score (nSPS) is 12.9. The van der Waals surface area contributed by atoms with Gasteiger partial charge in [0, 0.05) is 19.0 Å². The molecule has 0 aliphatic heterocycles. The van der Waals surface area contributed by atoms with Crippen LogP contribution in [0.1, 0.15) is 13.8 Å². The lowest BCUT2D eigenvalue weighted by atomic mass is 10.1. The van der Waals surface area contributed by atoms with Gasteiger partial charge in [-0.05, 0) is 5.92 Å². The molecule has 0 saturated heterocycles. The highest BCUT2D eigenvalue weighted by molar-refractivity contribution is 6.39. The highest BCUT2D eigenvalue weighted by Crippen LogP contribution is 2.12. The molecular weight excluding hydrogens is 148 g/mol. The van der Waals surface area contributed by atoms with Gasteiger partial charge in [-0.25, -0.2) is 0 Å². The Bertz CT molecular complexity index is 150. The smallest absolute Gasteiger partial charge is 0.0773 e. The second kappa shape index (κ2) is 4.34. The Morgan fingerprint density at radius 2 is 2.10 bits per heavy atom. The van der Waals surface area contributed by atoms with Crippen LogP contribution >= 0.6 is 11.6 Å². The van der Waals surface area contributed by atoms with Gasteiger partial charge in [0.1, 0.15) is 0 Å². The molecule has 0 aliphatic rings. The number of allylic oxidation sites excluding steroid dienone is 2. The number of rotatable bonds is 3. The second-order valence-electron chi connectivity index (χ2n) is 2.31. The molecule has 0 saturated carbocycles. The Balaban J connectivity index is 4.45. The van der Waals surface area contributed by atoms with Crippen LogP contribution < -0.4 is 5.32 Å². The number of hydrogen-bond acceptors (Lipinski definition) is 2. The Morgan fingerprint density at radius 3 is 2.20 bits per heavy atom. The van der Waals surface area contributed by atoms with E-state index in [0.717, 1.165) is 11.9 Å². The van der Waals surface area contributed by atoms with Crippen LogP contribution in [0.3, 0.4) is 0 Å². The van der Waals surface area contributed by atoms with E-state index >= 15 is 0 Å². The van der Waals surface area contributed by atoms with Gasteiger partial charge in [0.2, 0.25) is 0 Å². The summed E-state index contributed by atoms with van der Waals surface area (Å²) in [7, 11) is 1.81. The minimum atomic E-state index is 0.346. The van der Waals surface area contributed by atoms with E-state index in [1.54, 1.807) is 7.05 Å². The van der Waals surface area contributed by atoms with Crippen LogP contribution in [0.2, 0.25) is 0 Å². The first-order valence-electron chi connectivity index (χ1n) is 3.21. The molecule has 0 bridgehead atoms. The first-order chi connectivity index (χ1) is 4.63. The van der Waals surface area contributed by atoms with Crippen molar-refractivity contribution in [2.75, 3.05) is 7.05 Å². The van der Waals surface area contributed by atoms with Gasteiger partial charge in [0.15, 0.2) is 0 Å². The van der Waals surface area contributed by atoms with Crippen LogP contribution in [0, 0.1) is 11.3 Å². The summed E-state index contributed by atoms with van der Waals surface area (Å²) < 4.78 is 0. The molecule has 0 radical (unpaired) electrons. The van der Waals surface area contributed by atoms with E-state index < -0.39 is 0 Å². The van der Waals surface area contributed by atoms with Gasteiger partial charge in [-0.3, -0.25) is 0 Å². The summed E-state index contributed by atoms with van der Waals surface area (Å²) in [5.41, 5.74) is 0.914. The molecule has 0 amide bonds. The monoisotopic (exact) mass is 160 g/mol. The molecule has 0 aromatic rings. The Hall–Kier alpha value is -0.500. The van der Waals surface area contributed by atoms with Crippen molar-refractivity contribution in [1.29, 1.82) is 5.41 Å². The lowest BCUT2D eigenvalue weighted by molar-refractivity contribution is 0.698. The molecule has 0 aromatic carbocycles. The molecule has 2 N–H and O–H groups in total. The largest absolute Gasteiger partial charge is 0.390 e. The minimum Gasteiger partial charge on any atom is -0.390 e. The van der Waals surface area contributed by atoms with Gasteiger partial charge in [-0.1, -0.05) is 25.4 Å². The number of hydrogen-bond donors (Lipinski definition) is 2.